The summed E-state index contributed by atoms with van der Waals surface area (Å²) in [6, 6.07) is 13.9. The minimum absolute atomic E-state index is 0.0167. The highest BCUT2D eigenvalue weighted by molar-refractivity contribution is 5.94. The topological polar surface area (TPSA) is 32.3 Å². The van der Waals surface area contributed by atoms with Gasteiger partial charge in [-0.25, -0.2) is 0 Å². The minimum Gasteiger partial charge on any atom is -0.324 e. The third-order valence-corrected chi connectivity index (χ3v) is 4.31. The number of nitrogens with zero attached hydrogens (tertiary/aromatic N) is 1. The number of rotatable bonds is 5. The molecule has 0 saturated heterocycles. The molecule has 0 atom stereocenters. The Morgan fingerprint density at radius 3 is 2.32 bits per heavy atom. The molecule has 0 radical (unpaired) electrons. The van der Waals surface area contributed by atoms with E-state index in [0.29, 0.717) is 6.54 Å². The summed E-state index contributed by atoms with van der Waals surface area (Å²) in [5.41, 5.74) is 4.85. The van der Waals surface area contributed by atoms with Crippen LogP contribution in [0.3, 0.4) is 0 Å². The van der Waals surface area contributed by atoms with Crippen molar-refractivity contribution in [1.29, 1.82) is 0 Å². The molecule has 2 aromatic rings. The number of carbonyl (C=O) groups is 1. The molecule has 0 aliphatic rings. The zero-order valence-electron chi connectivity index (χ0n) is 15.5. The van der Waals surface area contributed by atoms with Crippen LogP contribution in [0, 0.1) is 25.7 Å². The van der Waals surface area contributed by atoms with E-state index in [9.17, 15) is 4.79 Å². The van der Waals surface area contributed by atoms with Gasteiger partial charge in [0.1, 0.15) is 0 Å². The van der Waals surface area contributed by atoms with Crippen molar-refractivity contribution in [3.8, 4) is 11.8 Å². The molecule has 0 aromatic heterocycles. The highest BCUT2D eigenvalue weighted by Crippen LogP contribution is 2.23. The van der Waals surface area contributed by atoms with Crippen molar-refractivity contribution in [2.75, 3.05) is 25.0 Å². The van der Waals surface area contributed by atoms with Gasteiger partial charge < -0.3 is 5.32 Å². The van der Waals surface area contributed by atoms with E-state index in [1.807, 2.05) is 56.3 Å². The summed E-state index contributed by atoms with van der Waals surface area (Å²) in [7, 11) is 0. The number of nitrogens with one attached hydrogen (secondary N) is 1. The highest BCUT2D eigenvalue weighted by Gasteiger charge is 2.12. The maximum Gasteiger partial charge on any atom is 0.238 e. The van der Waals surface area contributed by atoms with Crippen LogP contribution in [0.25, 0.3) is 0 Å². The molecular weight excluding hydrogens is 308 g/mol. The van der Waals surface area contributed by atoms with Crippen LogP contribution < -0.4 is 5.32 Å². The van der Waals surface area contributed by atoms with E-state index in [0.717, 1.165) is 41.0 Å². The molecule has 0 fully saturated rings. The average Bonchev–Trinajstić information content (AvgIpc) is 2.63. The van der Waals surface area contributed by atoms with Crippen LogP contribution in [0.2, 0.25) is 0 Å². The predicted octanol–water partition coefficient (Wildman–Crippen LogP) is 3.98. The fraction of sp³-hybridized carbons (Fsp3) is 0.318. The lowest BCUT2D eigenvalue weighted by Gasteiger charge is -2.19. The summed E-state index contributed by atoms with van der Waals surface area (Å²) in [6.45, 7) is 10.3. The van der Waals surface area contributed by atoms with Gasteiger partial charge >= 0.3 is 0 Å². The van der Waals surface area contributed by atoms with Crippen molar-refractivity contribution >= 4 is 11.6 Å². The first-order valence-electron chi connectivity index (χ1n) is 8.74. The molecule has 0 saturated carbocycles. The fourth-order valence-corrected chi connectivity index (χ4v) is 2.67. The van der Waals surface area contributed by atoms with Crippen LogP contribution in [-0.4, -0.2) is 30.4 Å². The second-order valence-corrected chi connectivity index (χ2v) is 6.06. The first kappa shape index (κ1) is 18.8. The second kappa shape index (κ2) is 9.05. The van der Waals surface area contributed by atoms with E-state index >= 15 is 0 Å². The Balaban J connectivity index is 2.22. The lowest BCUT2D eigenvalue weighted by atomic mass is 10.0. The molecule has 130 valence electrons. The first-order chi connectivity index (χ1) is 12.0. The van der Waals surface area contributed by atoms with Gasteiger partial charge in [-0.05, 0) is 56.3 Å². The monoisotopic (exact) mass is 334 g/mol. The molecule has 1 amide bonds. The maximum absolute atomic E-state index is 12.3. The maximum atomic E-state index is 12.3. The number of benzene rings is 2. The van der Waals surface area contributed by atoms with Gasteiger partial charge in [0.15, 0.2) is 0 Å². The number of likely N-dealkylation sites (N-methyl/N-ethyl adjacent to an activating group) is 1. The summed E-state index contributed by atoms with van der Waals surface area (Å²) in [5, 5.41) is 3.07. The Morgan fingerprint density at radius 2 is 1.68 bits per heavy atom. The van der Waals surface area contributed by atoms with Gasteiger partial charge in [-0.2, -0.15) is 0 Å². The van der Waals surface area contributed by atoms with Gasteiger partial charge in [0.05, 0.1) is 6.54 Å². The van der Waals surface area contributed by atoms with Gasteiger partial charge in [0.2, 0.25) is 5.91 Å². The second-order valence-electron chi connectivity index (χ2n) is 6.06. The van der Waals surface area contributed by atoms with Gasteiger partial charge in [-0.15, -0.1) is 0 Å². The predicted molar refractivity (Wildman–Crippen MR) is 105 cm³/mol. The van der Waals surface area contributed by atoms with E-state index in [4.69, 9.17) is 0 Å². The van der Waals surface area contributed by atoms with Crippen molar-refractivity contribution in [2.24, 2.45) is 0 Å². The Morgan fingerprint density at radius 1 is 1.00 bits per heavy atom. The third-order valence-electron chi connectivity index (χ3n) is 4.31. The van der Waals surface area contributed by atoms with Crippen LogP contribution in [0.1, 0.15) is 36.1 Å². The van der Waals surface area contributed by atoms with Gasteiger partial charge in [0.25, 0.3) is 0 Å². The van der Waals surface area contributed by atoms with E-state index in [1.54, 1.807) is 0 Å². The van der Waals surface area contributed by atoms with Gasteiger partial charge in [0, 0.05) is 16.8 Å². The van der Waals surface area contributed by atoms with Crippen molar-refractivity contribution in [1.82, 2.24) is 4.90 Å². The first-order valence-corrected chi connectivity index (χ1v) is 8.74. The largest absolute Gasteiger partial charge is 0.324 e. The Hall–Kier alpha value is -2.57. The molecule has 0 heterocycles. The molecule has 2 rings (SSSR count). The molecule has 1 N–H and O–H groups in total. The number of aryl methyl sites for hydroxylation is 1. The summed E-state index contributed by atoms with van der Waals surface area (Å²) in [6.07, 6.45) is 0. The Kier molecular flexibility index (Phi) is 6.80. The standard InChI is InChI=1S/C22H26N2O/c1-5-24(6-2)16-21(25)23-22-17(3)12-14-20(18(22)4)15-13-19-10-8-7-9-11-19/h7-12,14H,5-6,16H2,1-4H3,(H,23,25). The number of amides is 1. The Labute approximate surface area is 151 Å². The smallest absolute Gasteiger partial charge is 0.238 e. The van der Waals surface area contributed by atoms with E-state index < -0.39 is 0 Å². The molecule has 25 heavy (non-hydrogen) atoms. The van der Waals surface area contributed by atoms with Gasteiger partial charge in [-0.1, -0.05) is 50.0 Å². The molecule has 3 nitrogen and oxygen atoms in total. The summed E-state index contributed by atoms with van der Waals surface area (Å²) in [5.74, 6) is 6.42. The molecular formula is C22H26N2O. The lowest BCUT2D eigenvalue weighted by molar-refractivity contribution is -0.117. The lowest BCUT2D eigenvalue weighted by Crippen LogP contribution is -2.33. The van der Waals surface area contributed by atoms with E-state index in [1.165, 1.54) is 0 Å². The van der Waals surface area contributed by atoms with Crippen molar-refractivity contribution in [3.05, 3.63) is 64.7 Å². The van der Waals surface area contributed by atoms with Crippen LogP contribution in [0.4, 0.5) is 5.69 Å². The van der Waals surface area contributed by atoms with Crippen molar-refractivity contribution in [2.45, 2.75) is 27.7 Å². The normalized spacial score (nSPS) is 10.3. The number of hydrogen-bond donors (Lipinski definition) is 1. The quantitative estimate of drug-likeness (QED) is 0.839. The van der Waals surface area contributed by atoms with E-state index in [2.05, 4.69) is 35.9 Å². The average molecular weight is 334 g/mol. The molecule has 0 unspecified atom stereocenters. The molecule has 0 aliphatic heterocycles. The zero-order valence-corrected chi connectivity index (χ0v) is 15.5. The molecule has 3 heteroatoms. The molecule has 0 aliphatic carbocycles. The Bertz CT molecular complexity index is 781. The number of anilines is 1. The summed E-state index contributed by atoms with van der Waals surface area (Å²) < 4.78 is 0. The number of hydrogen-bond acceptors (Lipinski definition) is 2. The molecule has 0 bridgehead atoms. The summed E-state index contributed by atoms with van der Waals surface area (Å²) >= 11 is 0. The number of carbonyl (C=O) groups excluding carboxylic acids is 1. The third kappa shape index (κ3) is 5.20. The van der Waals surface area contributed by atoms with Gasteiger partial charge in [-0.3, -0.25) is 9.69 Å². The fourth-order valence-electron chi connectivity index (χ4n) is 2.67. The van der Waals surface area contributed by atoms with Crippen molar-refractivity contribution in [3.63, 3.8) is 0 Å². The molecule has 0 spiro atoms. The van der Waals surface area contributed by atoms with Crippen LogP contribution in [0.5, 0.6) is 0 Å². The van der Waals surface area contributed by atoms with Crippen LogP contribution >= 0.6 is 0 Å². The molecule has 2 aromatic carbocycles. The van der Waals surface area contributed by atoms with Crippen molar-refractivity contribution < 1.29 is 4.79 Å². The van der Waals surface area contributed by atoms with Crippen LogP contribution in [-0.2, 0) is 4.79 Å². The van der Waals surface area contributed by atoms with E-state index in [-0.39, 0.29) is 5.91 Å². The SMILES string of the molecule is CCN(CC)CC(=O)Nc1c(C)ccc(C#Cc2ccccc2)c1C. The zero-order chi connectivity index (χ0) is 18.2. The minimum atomic E-state index is 0.0167. The van der Waals surface area contributed by atoms with Crippen LogP contribution in [0.15, 0.2) is 42.5 Å². The summed E-state index contributed by atoms with van der Waals surface area (Å²) in [4.78, 5) is 14.4. The highest BCUT2D eigenvalue weighted by atomic mass is 16.2.